The first-order valence-electron chi connectivity index (χ1n) is 10.3. The molecule has 1 fully saturated rings. The first-order valence-corrected chi connectivity index (χ1v) is 10.3. The van der Waals surface area contributed by atoms with Crippen LogP contribution in [0.3, 0.4) is 0 Å². The molecule has 0 atom stereocenters. The number of piperazine rings is 1. The summed E-state index contributed by atoms with van der Waals surface area (Å²) in [6, 6.07) is 8.74. The van der Waals surface area contributed by atoms with Gasteiger partial charge in [-0.3, -0.25) is 15.0 Å². The van der Waals surface area contributed by atoms with Crippen LogP contribution in [0.4, 0.5) is 20.3 Å². The van der Waals surface area contributed by atoms with Crippen LogP contribution >= 0.6 is 0 Å². The molecule has 0 bridgehead atoms. The zero-order valence-electron chi connectivity index (χ0n) is 17.1. The van der Waals surface area contributed by atoms with Gasteiger partial charge in [0.25, 0.3) is 5.69 Å². The van der Waals surface area contributed by atoms with Crippen LogP contribution in [-0.4, -0.2) is 57.5 Å². The smallest absolute Gasteiger partial charge is 0.270 e. The third-order valence-electron chi connectivity index (χ3n) is 5.94. The summed E-state index contributed by atoms with van der Waals surface area (Å²) in [7, 11) is 0. The van der Waals surface area contributed by atoms with Crippen molar-refractivity contribution in [1.82, 2.24) is 19.9 Å². The lowest BCUT2D eigenvalue weighted by molar-refractivity contribution is -0.384. The molecule has 5 rings (SSSR count). The Morgan fingerprint density at radius 1 is 1.03 bits per heavy atom. The largest absolute Gasteiger partial charge is 0.353 e. The number of nitrogens with one attached hydrogen (secondary N) is 1. The van der Waals surface area contributed by atoms with E-state index in [-0.39, 0.29) is 5.69 Å². The average Bonchev–Trinajstić information content (AvgIpc) is 3.18. The van der Waals surface area contributed by atoms with Crippen LogP contribution in [0.15, 0.2) is 42.7 Å². The number of nitro groups is 1. The summed E-state index contributed by atoms with van der Waals surface area (Å²) in [5, 5.41) is 12.7. The Hall–Kier alpha value is -3.66. The van der Waals surface area contributed by atoms with Gasteiger partial charge in [0, 0.05) is 55.8 Å². The lowest BCUT2D eigenvalue weighted by atomic mass is 10.1. The predicted octanol–water partition coefficient (Wildman–Crippen LogP) is 3.66. The van der Waals surface area contributed by atoms with E-state index in [0.717, 1.165) is 66.5 Å². The van der Waals surface area contributed by atoms with Gasteiger partial charge >= 0.3 is 0 Å². The molecule has 164 valence electrons. The van der Waals surface area contributed by atoms with E-state index in [9.17, 15) is 18.9 Å². The highest BCUT2D eigenvalue weighted by molar-refractivity contribution is 6.11. The molecule has 0 radical (unpaired) electrons. The molecule has 0 aliphatic carbocycles. The first-order chi connectivity index (χ1) is 15.5. The lowest BCUT2D eigenvalue weighted by Crippen LogP contribution is -2.47. The van der Waals surface area contributed by atoms with Crippen LogP contribution in [0.5, 0.6) is 0 Å². The normalized spacial score (nSPS) is 15.0. The number of nitro benzene ring substituents is 1. The van der Waals surface area contributed by atoms with Gasteiger partial charge in [-0.25, -0.2) is 18.7 Å². The minimum atomic E-state index is -0.832. The number of nitrogens with zero attached hydrogens (tertiary/aromatic N) is 5. The zero-order chi connectivity index (χ0) is 22.2. The molecule has 0 unspecified atom stereocenters. The van der Waals surface area contributed by atoms with Gasteiger partial charge < -0.3 is 9.88 Å². The van der Waals surface area contributed by atoms with Crippen LogP contribution in [0.2, 0.25) is 0 Å². The fourth-order valence-electron chi connectivity index (χ4n) is 4.21. The highest BCUT2D eigenvalue weighted by atomic mass is 19.2. The molecule has 1 saturated heterocycles. The number of benzene rings is 2. The van der Waals surface area contributed by atoms with E-state index in [4.69, 9.17) is 0 Å². The van der Waals surface area contributed by atoms with Crippen molar-refractivity contribution in [3.05, 3.63) is 70.0 Å². The standard InChI is InChI=1S/C22H20F2N6O2/c23-17-3-1-14(11-18(17)24)5-6-28-7-9-29(10-8-28)22-20-16-12-15(30(31)32)2-4-19(16)27-21(20)25-13-26-22/h1-4,11-13H,5-10H2,(H,25,26,27). The Labute approximate surface area is 181 Å². The molecule has 1 aliphatic rings. The van der Waals surface area contributed by atoms with Crippen LogP contribution in [0.25, 0.3) is 21.9 Å². The minimum absolute atomic E-state index is 0.0234. The van der Waals surface area contributed by atoms with Gasteiger partial charge in [-0.15, -0.1) is 0 Å². The summed E-state index contributed by atoms with van der Waals surface area (Å²) in [5.74, 6) is -0.901. The van der Waals surface area contributed by atoms with Gasteiger partial charge in [0.2, 0.25) is 0 Å². The Bertz CT molecular complexity index is 1320. The van der Waals surface area contributed by atoms with E-state index < -0.39 is 16.6 Å². The van der Waals surface area contributed by atoms with Gasteiger partial charge in [-0.1, -0.05) is 6.07 Å². The third-order valence-corrected chi connectivity index (χ3v) is 5.94. The SMILES string of the molecule is O=[N+]([O-])c1ccc2[nH]c3ncnc(N4CCN(CCc5ccc(F)c(F)c5)CC4)c3c2c1. The van der Waals surface area contributed by atoms with Crippen LogP contribution in [0, 0.1) is 21.7 Å². The molecule has 2 aromatic carbocycles. The molecule has 0 saturated carbocycles. The monoisotopic (exact) mass is 438 g/mol. The predicted molar refractivity (Wildman–Crippen MR) is 117 cm³/mol. The van der Waals surface area contributed by atoms with E-state index >= 15 is 0 Å². The fourth-order valence-corrected chi connectivity index (χ4v) is 4.21. The van der Waals surface area contributed by atoms with Gasteiger partial charge in [0.1, 0.15) is 17.8 Å². The van der Waals surface area contributed by atoms with Crippen molar-refractivity contribution >= 4 is 33.4 Å². The topological polar surface area (TPSA) is 91.2 Å². The fraction of sp³-hybridized carbons (Fsp3) is 0.273. The molecule has 0 spiro atoms. The summed E-state index contributed by atoms with van der Waals surface area (Å²) in [4.78, 5) is 27.3. The molecule has 0 amide bonds. The Balaban J connectivity index is 1.33. The number of non-ortho nitro benzene ring substituents is 1. The molecule has 4 aromatic rings. The molecule has 3 heterocycles. The second-order valence-corrected chi connectivity index (χ2v) is 7.86. The van der Waals surface area contributed by atoms with Crippen molar-refractivity contribution in [2.45, 2.75) is 6.42 Å². The average molecular weight is 438 g/mol. The number of H-pyrrole nitrogens is 1. The van der Waals surface area contributed by atoms with Gasteiger partial charge in [-0.2, -0.15) is 0 Å². The molecular formula is C22H20F2N6O2. The molecule has 2 aromatic heterocycles. The van der Waals surface area contributed by atoms with Crippen molar-refractivity contribution in [3.63, 3.8) is 0 Å². The van der Waals surface area contributed by atoms with E-state index in [0.29, 0.717) is 12.1 Å². The summed E-state index contributed by atoms with van der Waals surface area (Å²) in [6.07, 6.45) is 2.14. The Morgan fingerprint density at radius 2 is 1.84 bits per heavy atom. The number of hydrogen-bond donors (Lipinski definition) is 1. The minimum Gasteiger partial charge on any atom is -0.353 e. The number of anilines is 1. The maximum Gasteiger partial charge on any atom is 0.270 e. The second kappa shape index (κ2) is 8.12. The van der Waals surface area contributed by atoms with Gasteiger partial charge in [0.15, 0.2) is 11.6 Å². The number of fused-ring (bicyclic) bond motifs is 3. The van der Waals surface area contributed by atoms with Crippen molar-refractivity contribution in [2.75, 3.05) is 37.6 Å². The van der Waals surface area contributed by atoms with Crippen LogP contribution in [-0.2, 0) is 6.42 Å². The summed E-state index contributed by atoms with van der Waals surface area (Å²) < 4.78 is 26.5. The number of rotatable bonds is 5. The zero-order valence-corrected chi connectivity index (χ0v) is 17.1. The van der Waals surface area contributed by atoms with Crippen molar-refractivity contribution in [3.8, 4) is 0 Å². The van der Waals surface area contributed by atoms with Crippen molar-refractivity contribution in [2.24, 2.45) is 0 Å². The van der Waals surface area contributed by atoms with E-state index in [1.54, 1.807) is 18.2 Å². The van der Waals surface area contributed by atoms with Crippen LogP contribution < -0.4 is 4.90 Å². The van der Waals surface area contributed by atoms with Crippen molar-refractivity contribution < 1.29 is 13.7 Å². The summed E-state index contributed by atoms with van der Waals surface area (Å²) >= 11 is 0. The van der Waals surface area contributed by atoms with E-state index in [1.807, 2.05) is 0 Å². The molecule has 1 aliphatic heterocycles. The number of aromatic amines is 1. The quantitative estimate of drug-likeness (QED) is 0.378. The maximum absolute atomic E-state index is 13.4. The highest BCUT2D eigenvalue weighted by Gasteiger charge is 2.22. The molecule has 1 N–H and O–H groups in total. The number of hydrogen-bond acceptors (Lipinski definition) is 6. The van der Waals surface area contributed by atoms with E-state index in [2.05, 4.69) is 24.8 Å². The second-order valence-electron chi connectivity index (χ2n) is 7.86. The van der Waals surface area contributed by atoms with Gasteiger partial charge in [0.05, 0.1) is 10.3 Å². The van der Waals surface area contributed by atoms with E-state index in [1.165, 1.54) is 18.5 Å². The third kappa shape index (κ3) is 3.73. The Morgan fingerprint density at radius 3 is 2.59 bits per heavy atom. The molecule has 32 heavy (non-hydrogen) atoms. The van der Waals surface area contributed by atoms with Crippen LogP contribution in [0.1, 0.15) is 5.56 Å². The molecule has 8 nitrogen and oxygen atoms in total. The van der Waals surface area contributed by atoms with Gasteiger partial charge in [-0.05, 0) is 30.2 Å². The molecule has 10 heteroatoms. The number of aromatic nitrogens is 3. The summed E-state index contributed by atoms with van der Waals surface area (Å²) in [5.41, 5.74) is 2.21. The maximum atomic E-state index is 13.4. The molecular weight excluding hydrogens is 418 g/mol. The highest BCUT2D eigenvalue weighted by Crippen LogP contribution is 2.33. The number of halogens is 2. The van der Waals surface area contributed by atoms with Crippen molar-refractivity contribution in [1.29, 1.82) is 0 Å². The lowest BCUT2D eigenvalue weighted by Gasteiger charge is -2.35. The first kappa shape index (κ1) is 20.3. The summed E-state index contributed by atoms with van der Waals surface area (Å²) in [6.45, 7) is 3.78. The Kier molecular flexibility index (Phi) is 5.14.